The summed E-state index contributed by atoms with van der Waals surface area (Å²) in [7, 11) is 0. The first-order valence-electron chi connectivity index (χ1n) is 2.97. The molecule has 0 bridgehead atoms. The van der Waals surface area contributed by atoms with Gasteiger partial charge in [0.2, 0.25) is 5.91 Å². The van der Waals surface area contributed by atoms with Crippen molar-refractivity contribution >= 4 is 23.8 Å². The Bertz CT molecular complexity index is 171. The molecule has 0 aromatic rings. The van der Waals surface area contributed by atoms with E-state index < -0.39 is 5.24 Å². The third-order valence-corrected chi connectivity index (χ3v) is 1.48. The molecule has 10 heavy (non-hydrogen) atoms. The van der Waals surface area contributed by atoms with E-state index in [-0.39, 0.29) is 11.9 Å². The number of carbonyl (C=O) groups is 2. The first-order valence-corrected chi connectivity index (χ1v) is 3.42. The average molecular weight is 160 g/mol. The van der Waals surface area contributed by atoms with Gasteiger partial charge in [-0.2, -0.15) is 0 Å². The predicted molar refractivity (Wildman–Crippen MR) is 38.9 cm³/mol. The lowest BCUT2D eigenvalue weighted by molar-refractivity contribution is -0.120. The van der Waals surface area contributed by atoms with Crippen LogP contribution in [0.25, 0.3) is 0 Å². The van der Waals surface area contributed by atoms with Crippen molar-refractivity contribution in [1.29, 1.82) is 0 Å². The second-order valence-electron chi connectivity index (χ2n) is 2.08. The molecule has 2 amide bonds. The van der Waals surface area contributed by atoms with E-state index in [1.807, 2.05) is 0 Å². The van der Waals surface area contributed by atoms with Gasteiger partial charge in [-0.3, -0.25) is 9.59 Å². The lowest BCUT2D eigenvalue weighted by Crippen LogP contribution is -2.37. The second-order valence-corrected chi connectivity index (χ2v) is 2.49. The minimum atomic E-state index is -0.456. The minimum Gasteiger partial charge on any atom is -0.354 e. The van der Waals surface area contributed by atoms with Crippen LogP contribution < -0.4 is 10.6 Å². The summed E-state index contributed by atoms with van der Waals surface area (Å²) in [5.41, 5.74) is 0. The van der Waals surface area contributed by atoms with E-state index in [0.717, 1.165) is 0 Å². The normalized spacial score (nSPS) is 24.1. The van der Waals surface area contributed by atoms with Crippen LogP contribution in [0.3, 0.4) is 0 Å². The zero-order valence-corrected chi connectivity index (χ0v) is 6.15. The Hall–Kier alpha value is -0.710. The summed E-state index contributed by atoms with van der Waals surface area (Å²) < 4.78 is 0. The van der Waals surface area contributed by atoms with Crippen molar-refractivity contribution in [1.82, 2.24) is 10.6 Å². The summed E-state index contributed by atoms with van der Waals surface area (Å²) in [5.74, 6) is -0.123. The zero-order chi connectivity index (χ0) is 7.56. The highest BCUT2D eigenvalue weighted by molar-refractivity contribution is 7.96. The highest BCUT2D eigenvalue weighted by atomic mass is 32.1. The number of nitrogens with one attached hydrogen (secondary N) is 2. The standard InChI is InChI=1S/C5H8N2O2S/c8-4-3(1-2-6-4)7-5(9)10/h3H,1-2H2,(H,6,8)(H2,7,9,10)/t3-/m0/s1. The maximum atomic E-state index is 10.7. The van der Waals surface area contributed by atoms with E-state index in [9.17, 15) is 9.59 Å². The van der Waals surface area contributed by atoms with Gasteiger partial charge in [-0.05, 0) is 6.42 Å². The molecule has 0 aromatic carbocycles. The fraction of sp³-hybridized carbons (Fsp3) is 0.600. The van der Waals surface area contributed by atoms with Crippen LogP contribution >= 0.6 is 12.6 Å². The topological polar surface area (TPSA) is 58.2 Å². The lowest BCUT2D eigenvalue weighted by atomic mass is 10.3. The highest BCUT2D eigenvalue weighted by Gasteiger charge is 2.24. The van der Waals surface area contributed by atoms with Gasteiger partial charge in [-0.15, -0.1) is 0 Å². The largest absolute Gasteiger partial charge is 0.354 e. The van der Waals surface area contributed by atoms with Gasteiger partial charge >= 0.3 is 0 Å². The zero-order valence-electron chi connectivity index (χ0n) is 5.26. The Morgan fingerprint density at radius 2 is 2.50 bits per heavy atom. The van der Waals surface area contributed by atoms with Crippen LogP contribution in [0.15, 0.2) is 0 Å². The van der Waals surface area contributed by atoms with E-state index in [2.05, 4.69) is 23.3 Å². The molecule has 0 saturated carbocycles. The van der Waals surface area contributed by atoms with Gasteiger partial charge in [0.1, 0.15) is 6.04 Å². The summed E-state index contributed by atoms with van der Waals surface area (Å²) in [4.78, 5) is 21.1. The Balaban J connectivity index is 2.40. The molecule has 0 aromatic heterocycles. The highest BCUT2D eigenvalue weighted by Crippen LogP contribution is 1.99. The molecular weight excluding hydrogens is 152 g/mol. The van der Waals surface area contributed by atoms with E-state index in [0.29, 0.717) is 13.0 Å². The van der Waals surface area contributed by atoms with E-state index in [4.69, 9.17) is 0 Å². The van der Waals surface area contributed by atoms with Crippen molar-refractivity contribution in [2.45, 2.75) is 12.5 Å². The molecule has 0 unspecified atom stereocenters. The fourth-order valence-corrected chi connectivity index (χ4v) is 1.04. The molecule has 1 heterocycles. The van der Waals surface area contributed by atoms with Crippen LogP contribution in [-0.2, 0) is 4.79 Å². The summed E-state index contributed by atoms with van der Waals surface area (Å²) >= 11 is 3.48. The molecule has 1 saturated heterocycles. The van der Waals surface area contributed by atoms with E-state index in [1.165, 1.54) is 0 Å². The third-order valence-electron chi connectivity index (χ3n) is 1.35. The van der Waals surface area contributed by atoms with E-state index in [1.54, 1.807) is 0 Å². The number of thiol groups is 1. The Morgan fingerprint density at radius 3 is 2.90 bits per heavy atom. The van der Waals surface area contributed by atoms with Gasteiger partial charge in [0, 0.05) is 6.54 Å². The van der Waals surface area contributed by atoms with Gasteiger partial charge in [-0.25, -0.2) is 0 Å². The molecule has 5 heteroatoms. The van der Waals surface area contributed by atoms with Crippen molar-refractivity contribution in [2.75, 3.05) is 6.54 Å². The molecule has 1 fully saturated rings. The number of hydrogen-bond donors (Lipinski definition) is 3. The molecule has 0 spiro atoms. The molecular formula is C5H8N2O2S. The van der Waals surface area contributed by atoms with Crippen molar-refractivity contribution in [3.05, 3.63) is 0 Å². The first-order chi connectivity index (χ1) is 4.70. The lowest BCUT2D eigenvalue weighted by Gasteiger charge is -2.04. The SMILES string of the molecule is O=C(S)N[C@H]1CCNC1=O. The monoisotopic (exact) mass is 160 g/mol. The predicted octanol–water partition coefficient (Wildman–Crippen LogP) is -0.486. The second kappa shape index (κ2) is 2.92. The minimum absolute atomic E-state index is 0.123. The van der Waals surface area contributed by atoms with Crippen molar-refractivity contribution in [3.8, 4) is 0 Å². The van der Waals surface area contributed by atoms with Gasteiger partial charge < -0.3 is 10.6 Å². The number of carbonyl (C=O) groups excluding carboxylic acids is 2. The van der Waals surface area contributed by atoms with Crippen LogP contribution in [0.1, 0.15) is 6.42 Å². The Kier molecular flexibility index (Phi) is 2.16. The average Bonchev–Trinajstić information content (AvgIpc) is 2.15. The number of amides is 2. The van der Waals surface area contributed by atoms with Crippen LogP contribution in [0.4, 0.5) is 4.79 Å². The quantitative estimate of drug-likeness (QED) is 0.453. The molecule has 1 rings (SSSR count). The molecule has 0 radical (unpaired) electrons. The maximum Gasteiger partial charge on any atom is 0.276 e. The fourth-order valence-electron chi connectivity index (χ4n) is 0.881. The van der Waals surface area contributed by atoms with Gasteiger partial charge in [0.05, 0.1) is 0 Å². The Morgan fingerprint density at radius 1 is 1.80 bits per heavy atom. The summed E-state index contributed by atoms with van der Waals surface area (Å²) in [6, 6.07) is -0.370. The van der Waals surface area contributed by atoms with Crippen molar-refractivity contribution in [3.63, 3.8) is 0 Å². The molecule has 1 aliphatic rings. The number of hydrogen-bond acceptors (Lipinski definition) is 2. The smallest absolute Gasteiger partial charge is 0.276 e. The van der Waals surface area contributed by atoms with Gasteiger partial charge in [0.15, 0.2) is 0 Å². The molecule has 2 N–H and O–H groups in total. The first kappa shape index (κ1) is 7.40. The molecule has 4 nitrogen and oxygen atoms in total. The summed E-state index contributed by atoms with van der Waals surface area (Å²) in [5, 5.41) is 4.54. The van der Waals surface area contributed by atoms with Crippen LogP contribution in [0, 0.1) is 0 Å². The Labute approximate surface area is 63.8 Å². The molecule has 0 aliphatic carbocycles. The summed E-state index contributed by atoms with van der Waals surface area (Å²) in [6.45, 7) is 0.636. The molecule has 1 atom stereocenters. The third kappa shape index (κ3) is 1.63. The van der Waals surface area contributed by atoms with Crippen molar-refractivity contribution in [2.24, 2.45) is 0 Å². The molecule has 56 valence electrons. The van der Waals surface area contributed by atoms with Crippen LogP contribution in [0.5, 0.6) is 0 Å². The number of rotatable bonds is 1. The van der Waals surface area contributed by atoms with Gasteiger partial charge in [0.25, 0.3) is 5.24 Å². The van der Waals surface area contributed by atoms with Gasteiger partial charge in [-0.1, -0.05) is 12.6 Å². The van der Waals surface area contributed by atoms with Crippen molar-refractivity contribution < 1.29 is 9.59 Å². The maximum absolute atomic E-state index is 10.7. The molecule has 1 aliphatic heterocycles. The van der Waals surface area contributed by atoms with Crippen LogP contribution in [0.2, 0.25) is 0 Å². The summed E-state index contributed by atoms with van der Waals surface area (Å²) in [6.07, 6.45) is 0.658. The van der Waals surface area contributed by atoms with Crippen LogP contribution in [-0.4, -0.2) is 23.7 Å². The van der Waals surface area contributed by atoms with E-state index >= 15 is 0 Å².